The number of hydrogen-bond acceptors (Lipinski definition) is 3. The molecule has 0 saturated heterocycles. The number of anilines is 1. The van der Waals surface area contributed by atoms with Crippen molar-refractivity contribution in [3.8, 4) is 5.75 Å². The van der Waals surface area contributed by atoms with E-state index in [0.29, 0.717) is 18.2 Å². The van der Waals surface area contributed by atoms with Crippen molar-refractivity contribution in [2.75, 3.05) is 5.32 Å². The van der Waals surface area contributed by atoms with Gasteiger partial charge in [0, 0.05) is 11.3 Å². The number of aromatic hydroxyl groups is 1. The molecule has 2 aromatic carbocycles. The maximum atomic E-state index is 13.6. The van der Waals surface area contributed by atoms with E-state index in [1.165, 1.54) is 0 Å². The van der Waals surface area contributed by atoms with Gasteiger partial charge in [0.05, 0.1) is 10.6 Å². The number of rotatable bonds is 3. The molecule has 0 bridgehead atoms. The number of carboxylic acid groups (broad SMARTS) is 1. The van der Waals surface area contributed by atoms with Crippen molar-refractivity contribution in [3.63, 3.8) is 0 Å². The molecule has 0 unspecified atom stereocenters. The second kappa shape index (κ2) is 6.79. The molecule has 2 aromatic rings. The minimum atomic E-state index is -5.01. The van der Waals surface area contributed by atoms with Crippen molar-refractivity contribution < 1.29 is 41.8 Å². The summed E-state index contributed by atoms with van der Waals surface area (Å²) in [5.41, 5.74) is -4.01. The van der Waals surface area contributed by atoms with Gasteiger partial charge in [0.15, 0.2) is 0 Å². The Morgan fingerprint density at radius 1 is 1.04 bits per heavy atom. The number of amides is 1. The van der Waals surface area contributed by atoms with Crippen molar-refractivity contribution >= 4 is 29.2 Å². The average molecular weight is 396 g/mol. The average Bonchev–Trinajstić information content (AvgIpc) is 2.47. The molecule has 3 N–H and O–H groups in total. The number of alkyl halides is 3. The van der Waals surface area contributed by atoms with Gasteiger partial charge in [-0.15, -0.1) is 0 Å². The van der Waals surface area contributed by atoms with Crippen molar-refractivity contribution in [3.05, 3.63) is 57.6 Å². The third kappa shape index (κ3) is 3.85. The van der Waals surface area contributed by atoms with Gasteiger partial charge in [-0.2, -0.15) is 13.2 Å². The minimum Gasteiger partial charge on any atom is -0.506 e. The number of phenols is 1. The van der Waals surface area contributed by atoms with E-state index in [4.69, 9.17) is 16.7 Å². The van der Waals surface area contributed by atoms with Gasteiger partial charge in [-0.1, -0.05) is 11.6 Å². The van der Waals surface area contributed by atoms with Gasteiger partial charge >= 0.3 is 12.1 Å². The number of carbonyl (C=O) groups is 2. The van der Waals surface area contributed by atoms with Crippen LogP contribution in [0.15, 0.2) is 24.3 Å². The highest BCUT2D eigenvalue weighted by atomic mass is 35.5. The fourth-order valence-electron chi connectivity index (χ4n) is 2.00. The largest absolute Gasteiger partial charge is 0.506 e. The minimum absolute atomic E-state index is 0.300. The Balaban J connectivity index is 2.40. The lowest BCUT2D eigenvalue weighted by Crippen LogP contribution is -2.15. The fourth-order valence-corrected chi connectivity index (χ4v) is 2.22. The van der Waals surface area contributed by atoms with Crippen LogP contribution in [0.3, 0.4) is 0 Å². The Morgan fingerprint density at radius 2 is 1.58 bits per heavy atom. The normalized spacial score (nSPS) is 11.3. The number of nitrogens with one attached hydrogen (secondary N) is 1. The Hall–Kier alpha value is -2.88. The van der Waals surface area contributed by atoms with Gasteiger partial charge in [-0.05, 0) is 24.3 Å². The van der Waals surface area contributed by atoms with Crippen LogP contribution in [0, 0.1) is 11.6 Å². The van der Waals surface area contributed by atoms with Crippen LogP contribution >= 0.6 is 11.6 Å². The Kier molecular flexibility index (Phi) is 5.08. The summed E-state index contributed by atoms with van der Waals surface area (Å²) in [4.78, 5) is 22.7. The first-order valence-corrected chi connectivity index (χ1v) is 6.93. The second-order valence-electron chi connectivity index (χ2n) is 4.93. The molecule has 0 aliphatic carbocycles. The second-order valence-corrected chi connectivity index (χ2v) is 5.33. The smallest absolute Gasteiger partial charge is 0.420 e. The number of hydrogen-bond donors (Lipinski definition) is 3. The standard InChI is InChI=1S/C15H7ClF5NO4/c16-8-2-5(1-7(12(8)23)15(19,20)21)13(24)22-6-3-9(17)11(14(25)26)10(18)4-6/h1-4,23H,(H,22,24)(H,25,26). The van der Waals surface area contributed by atoms with Crippen LogP contribution in [-0.4, -0.2) is 22.1 Å². The van der Waals surface area contributed by atoms with Crippen LogP contribution in [-0.2, 0) is 6.18 Å². The van der Waals surface area contributed by atoms with E-state index in [2.05, 4.69) is 0 Å². The number of halogens is 6. The molecule has 0 aromatic heterocycles. The molecule has 0 fully saturated rings. The molecule has 26 heavy (non-hydrogen) atoms. The summed E-state index contributed by atoms with van der Waals surface area (Å²) < 4.78 is 65.6. The van der Waals surface area contributed by atoms with E-state index in [9.17, 15) is 36.6 Å². The Labute approximate surface area is 146 Å². The molecule has 2 rings (SSSR count). The molecular weight excluding hydrogens is 389 g/mol. The van der Waals surface area contributed by atoms with E-state index < -0.39 is 62.8 Å². The van der Waals surface area contributed by atoms with Gasteiger partial charge < -0.3 is 15.5 Å². The monoisotopic (exact) mass is 395 g/mol. The van der Waals surface area contributed by atoms with Crippen molar-refractivity contribution in [1.29, 1.82) is 0 Å². The van der Waals surface area contributed by atoms with Gasteiger partial charge in [0.2, 0.25) is 0 Å². The third-order valence-corrected chi connectivity index (χ3v) is 3.43. The SMILES string of the molecule is O=C(Nc1cc(F)c(C(=O)O)c(F)c1)c1cc(Cl)c(O)c(C(F)(F)F)c1. The molecule has 1 amide bonds. The zero-order valence-corrected chi connectivity index (χ0v) is 13.0. The number of benzene rings is 2. The maximum Gasteiger partial charge on any atom is 0.420 e. The molecule has 11 heteroatoms. The summed E-state index contributed by atoms with van der Waals surface area (Å²) >= 11 is 5.46. The first-order chi connectivity index (χ1) is 11.9. The lowest BCUT2D eigenvalue weighted by Gasteiger charge is -2.13. The van der Waals surface area contributed by atoms with Crippen LogP contribution in [0.25, 0.3) is 0 Å². The summed E-state index contributed by atoms with van der Waals surface area (Å²) in [6.07, 6.45) is -5.01. The Morgan fingerprint density at radius 3 is 2.04 bits per heavy atom. The molecule has 138 valence electrons. The zero-order valence-electron chi connectivity index (χ0n) is 12.3. The number of carboxylic acids is 1. The van der Waals surface area contributed by atoms with E-state index in [1.54, 1.807) is 0 Å². The lowest BCUT2D eigenvalue weighted by atomic mass is 10.1. The topological polar surface area (TPSA) is 86.6 Å². The van der Waals surface area contributed by atoms with Gasteiger partial charge in [0.1, 0.15) is 22.9 Å². The first-order valence-electron chi connectivity index (χ1n) is 6.55. The van der Waals surface area contributed by atoms with Crippen LogP contribution < -0.4 is 5.32 Å². The van der Waals surface area contributed by atoms with Crippen molar-refractivity contribution in [2.24, 2.45) is 0 Å². The summed E-state index contributed by atoms with van der Waals surface area (Å²) in [6.45, 7) is 0. The molecule has 0 saturated carbocycles. The molecule has 0 aliphatic rings. The highest BCUT2D eigenvalue weighted by Crippen LogP contribution is 2.40. The van der Waals surface area contributed by atoms with E-state index in [1.807, 2.05) is 5.32 Å². The van der Waals surface area contributed by atoms with Crippen LogP contribution in [0.5, 0.6) is 5.75 Å². The summed E-state index contributed by atoms with van der Waals surface area (Å²) in [6, 6.07) is 1.99. The molecule has 0 aliphatic heterocycles. The van der Waals surface area contributed by atoms with Gasteiger partial charge in [-0.3, -0.25) is 4.79 Å². The highest BCUT2D eigenvalue weighted by molar-refractivity contribution is 6.32. The number of carbonyl (C=O) groups excluding carboxylic acids is 1. The molecule has 0 atom stereocenters. The van der Waals surface area contributed by atoms with Crippen LogP contribution in [0.2, 0.25) is 5.02 Å². The summed E-state index contributed by atoms with van der Waals surface area (Å²) in [5, 5.41) is 19.1. The lowest BCUT2D eigenvalue weighted by molar-refractivity contribution is -0.138. The van der Waals surface area contributed by atoms with E-state index in [0.717, 1.165) is 6.07 Å². The predicted molar refractivity (Wildman–Crippen MR) is 79.4 cm³/mol. The number of aromatic carboxylic acids is 1. The summed E-state index contributed by atoms with van der Waals surface area (Å²) in [5.74, 6) is -7.36. The van der Waals surface area contributed by atoms with Crippen LogP contribution in [0.4, 0.5) is 27.6 Å². The predicted octanol–water partition coefficient (Wildman–Crippen LogP) is 4.29. The Bertz CT molecular complexity index is 891. The molecule has 0 spiro atoms. The molecule has 5 nitrogen and oxygen atoms in total. The van der Waals surface area contributed by atoms with Gasteiger partial charge in [-0.25, -0.2) is 13.6 Å². The summed E-state index contributed by atoms with van der Waals surface area (Å²) in [7, 11) is 0. The third-order valence-electron chi connectivity index (χ3n) is 3.14. The first kappa shape index (κ1) is 19.4. The molecule has 0 radical (unpaired) electrons. The van der Waals surface area contributed by atoms with Gasteiger partial charge in [0.25, 0.3) is 5.91 Å². The maximum absolute atomic E-state index is 13.6. The van der Waals surface area contributed by atoms with Crippen molar-refractivity contribution in [1.82, 2.24) is 0 Å². The highest BCUT2D eigenvalue weighted by Gasteiger charge is 2.36. The van der Waals surface area contributed by atoms with Crippen molar-refractivity contribution in [2.45, 2.75) is 6.18 Å². The molecular formula is C15H7ClF5NO4. The van der Waals surface area contributed by atoms with E-state index in [-0.39, 0.29) is 0 Å². The van der Waals surface area contributed by atoms with Crippen LogP contribution in [0.1, 0.15) is 26.3 Å². The zero-order chi connectivity index (χ0) is 19.8. The quantitative estimate of drug-likeness (QED) is 0.677. The fraction of sp³-hybridized carbons (Fsp3) is 0.0667. The molecule has 0 heterocycles. The number of phenolic OH excluding ortho intramolecular Hbond substituents is 1. The van der Waals surface area contributed by atoms with E-state index >= 15 is 0 Å².